The maximum Gasteiger partial charge on any atom is 0.376 e. The van der Waals surface area contributed by atoms with Gasteiger partial charge < -0.3 is 13.6 Å². The number of fused-ring (bicyclic) bond motifs is 1. The lowest BCUT2D eigenvalue weighted by molar-refractivity contribution is 0.0253. The van der Waals surface area contributed by atoms with Crippen LogP contribution >= 0.6 is 0 Å². The van der Waals surface area contributed by atoms with E-state index in [1.54, 1.807) is 0 Å². The van der Waals surface area contributed by atoms with Crippen molar-refractivity contribution >= 4 is 8.56 Å². The maximum atomic E-state index is 7.17. The standard InChI is InChI=1S/C23H40O3Si/c1-5-6-7-11-20-16-15-19(18-24-4)22-14-10-17-23(2,3)26-27(22,25-20)21-12-8-9-13-21/h14-15,20-21H,5-13,16-18H2,1-4H3. The van der Waals surface area contributed by atoms with Crippen LogP contribution < -0.4 is 0 Å². The molecular weight excluding hydrogens is 352 g/mol. The summed E-state index contributed by atoms with van der Waals surface area (Å²) in [5.74, 6) is 0. The second-order valence-corrected chi connectivity index (χ2v) is 12.4. The predicted molar refractivity (Wildman–Crippen MR) is 114 cm³/mol. The Morgan fingerprint density at radius 3 is 2.67 bits per heavy atom. The molecule has 0 aromatic rings. The van der Waals surface area contributed by atoms with Crippen LogP contribution in [0.4, 0.5) is 0 Å². The van der Waals surface area contributed by atoms with Gasteiger partial charge in [0.2, 0.25) is 0 Å². The highest BCUT2D eigenvalue weighted by Gasteiger charge is 2.56. The van der Waals surface area contributed by atoms with Crippen LogP contribution in [0.15, 0.2) is 22.9 Å². The maximum absolute atomic E-state index is 7.17. The normalized spacial score (nSPS) is 31.6. The van der Waals surface area contributed by atoms with Crippen molar-refractivity contribution in [2.24, 2.45) is 0 Å². The molecule has 3 nitrogen and oxygen atoms in total. The fourth-order valence-electron chi connectivity index (χ4n) is 5.14. The number of hydrogen-bond acceptors (Lipinski definition) is 3. The van der Waals surface area contributed by atoms with Crippen LogP contribution in [0.25, 0.3) is 0 Å². The summed E-state index contributed by atoms with van der Waals surface area (Å²) in [5.41, 5.74) is 1.84. The molecule has 3 rings (SSSR count). The highest BCUT2D eigenvalue weighted by atomic mass is 28.4. The molecule has 2 atom stereocenters. The Balaban J connectivity index is 1.99. The van der Waals surface area contributed by atoms with Crippen LogP contribution in [-0.4, -0.2) is 34.0 Å². The summed E-state index contributed by atoms with van der Waals surface area (Å²) in [4.78, 5) is 0. The van der Waals surface area contributed by atoms with Gasteiger partial charge in [-0.3, -0.25) is 0 Å². The number of ether oxygens (including phenoxy) is 1. The molecule has 0 N–H and O–H groups in total. The Bertz CT molecular complexity index is 548. The van der Waals surface area contributed by atoms with Crippen LogP contribution in [0.5, 0.6) is 0 Å². The van der Waals surface area contributed by atoms with Crippen molar-refractivity contribution in [2.75, 3.05) is 13.7 Å². The molecule has 0 saturated heterocycles. The molecule has 2 aliphatic heterocycles. The van der Waals surface area contributed by atoms with Crippen LogP contribution in [0.1, 0.15) is 91.4 Å². The van der Waals surface area contributed by atoms with Crippen molar-refractivity contribution in [3.63, 3.8) is 0 Å². The first-order valence-electron chi connectivity index (χ1n) is 11.3. The van der Waals surface area contributed by atoms with Gasteiger partial charge in [0, 0.05) is 12.7 Å². The van der Waals surface area contributed by atoms with E-state index in [1.807, 2.05) is 7.11 Å². The van der Waals surface area contributed by atoms with Gasteiger partial charge in [-0.1, -0.05) is 51.2 Å². The average molecular weight is 393 g/mol. The van der Waals surface area contributed by atoms with E-state index >= 15 is 0 Å². The van der Waals surface area contributed by atoms with Gasteiger partial charge >= 0.3 is 8.56 Å². The summed E-state index contributed by atoms with van der Waals surface area (Å²) >= 11 is 0. The zero-order valence-corrected chi connectivity index (χ0v) is 19.0. The van der Waals surface area contributed by atoms with Crippen LogP contribution in [0.3, 0.4) is 0 Å². The molecule has 0 spiro atoms. The third kappa shape index (κ3) is 4.95. The van der Waals surface area contributed by atoms with Crippen LogP contribution in [0.2, 0.25) is 5.54 Å². The number of methoxy groups -OCH3 is 1. The molecule has 0 bridgehead atoms. The molecule has 0 aromatic carbocycles. The third-order valence-electron chi connectivity index (χ3n) is 6.54. The first-order valence-corrected chi connectivity index (χ1v) is 13.2. The van der Waals surface area contributed by atoms with Crippen molar-refractivity contribution in [2.45, 2.75) is 109 Å². The van der Waals surface area contributed by atoms with Crippen molar-refractivity contribution < 1.29 is 13.6 Å². The highest BCUT2D eigenvalue weighted by Crippen LogP contribution is 2.50. The number of allylic oxidation sites excluding steroid dienone is 1. The van der Waals surface area contributed by atoms with Gasteiger partial charge in [-0.2, -0.15) is 0 Å². The van der Waals surface area contributed by atoms with E-state index in [0.717, 1.165) is 25.7 Å². The molecule has 1 aliphatic carbocycles. The second kappa shape index (κ2) is 9.38. The Labute approximate surface area is 167 Å². The Morgan fingerprint density at radius 1 is 1.19 bits per heavy atom. The number of hydrogen-bond donors (Lipinski definition) is 0. The molecule has 2 heterocycles. The van der Waals surface area contributed by atoms with Crippen molar-refractivity contribution in [1.29, 1.82) is 0 Å². The van der Waals surface area contributed by atoms with E-state index < -0.39 is 8.56 Å². The molecule has 27 heavy (non-hydrogen) atoms. The van der Waals surface area contributed by atoms with Crippen molar-refractivity contribution in [3.8, 4) is 0 Å². The van der Waals surface area contributed by atoms with Gasteiger partial charge in [0.05, 0.1) is 18.3 Å². The third-order valence-corrected chi connectivity index (χ3v) is 11.0. The highest BCUT2D eigenvalue weighted by molar-refractivity contribution is 6.77. The van der Waals surface area contributed by atoms with E-state index in [9.17, 15) is 0 Å². The van der Waals surface area contributed by atoms with E-state index in [4.69, 9.17) is 13.6 Å². The van der Waals surface area contributed by atoms with Gasteiger partial charge in [-0.15, -0.1) is 0 Å². The topological polar surface area (TPSA) is 27.7 Å². The molecule has 4 heteroatoms. The van der Waals surface area contributed by atoms with Crippen molar-refractivity contribution in [1.82, 2.24) is 0 Å². The first kappa shape index (κ1) is 21.3. The lowest BCUT2D eigenvalue weighted by Crippen LogP contribution is -2.54. The van der Waals surface area contributed by atoms with E-state index in [-0.39, 0.29) is 5.60 Å². The quantitative estimate of drug-likeness (QED) is 0.372. The minimum atomic E-state index is -2.51. The molecular formula is C23H40O3Si. The van der Waals surface area contributed by atoms with E-state index in [0.29, 0.717) is 18.3 Å². The smallest absolute Gasteiger partial charge is 0.376 e. The summed E-state index contributed by atoms with van der Waals surface area (Å²) < 4.78 is 19.9. The van der Waals surface area contributed by atoms with Gasteiger partial charge in [0.25, 0.3) is 0 Å². The van der Waals surface area contributed by atoms with Gasteiger partial charge in [-0.25, -0.2) is 0 Å². The Morgan fingerprint density at radius 2 is 1.96 bits per heavy atom. The summed E-state index contributed by atoms with van der Waals surface area (Å²) in [6.45, 7) is 7.50. The van der Waals surface area contributed by atoms with Crippen LogP contribution in [0, 0.1) is 0 Å². The molecule has 0 aromatic heterocycles. The Kier molecular flexibility index (Phi) is 7.40. The number of unbranched alkanes of at least 4 members (excludes halogenated alkanes) is 2. The lowest BCUT2D eigenvalue weighted by Gasteiger charge is -2.43. The summed E-state index contributed by atoms with van der Waals surface area (Å²) in [7, 11) is -0.701. The summed E-state index contributed by atoms with van der Waals surface area (Å²) in [5, 5.41) is 1.42. The monoisotopic (exact) mass is 392 g/mol. The average Bonchev–Trinajstić information content (AvgIpc) is 3.08. The molecule has 2 unspecified atom stereocenters. The fourth-order valence-corrected chi connectivity index (χ4v) is 10.1. The first-order chi connectivity index (χ1) is 13.0. The fraction of sp³-hybridized carbons (Fsp3) is 0.826. The predicted octanol–water partition coefficient (Wildman–Crippen LogP) is 6.37. The van der Waals surface area contributed by atoms with E-state index in [2.05, 4.69) is 32.9 Å². The molecule has 1 saturated carbocycles. The summed E-state index contributed by atoms with van der Waals surface area (Å²) in [6, 6.07) is 0. The number of rotatable bonds is 7. The molecule has 0 amide bonds. The van der Waals surface area contributed by atoms with Crippen LogP contribution in [-0.2, 0) is 13.6 Å². The molecule has 0 radical (unpaired) electrons. The van der Waals surface area contributed by atoms with Crippen molar-refractivity contribution in [3.05, 3.63) is 22.9 Å². The minimum Gasteiger partial charge on any atom is -0.387 e. The SMILES string of the molecule is CCCCCC1CC=C(COC)C2=CCCC(C)(C)O[Si]2(C2CCCC2)O1. The lowest BCUT2D eigenvalue weighted by atomic mass is 10.0. The molecule has 3 aliphatic rings. The van der Waals surface area contributed by atoms with E-state index in [1.165, 1.54) is 55.7 Å². The molecule has 1 fully saturated rings. The zero-order valence-electron chi connectivity index (χ0n) is 18.0. The van der Waals surface area contributed by atoms with Gasteiger partial charge in [-0.05, 0) is 63.1 Å². The van der Waals surface area contributed by atoms with Gasteiger partial charge in [0.15, 0.2) is 0 Å². The second-order valence-electron chi connectivity index (χ2n) is 9.30. The largest absolute Gasteiger partial charge is 0.387 e. The molecule has 154 valence electrons. The Hall–Kier alpha value is -0.423. The zero-order chi connectivity index (χ0) is 19.3. The summed E-state index contributed by atoms with van der Waals surface area (Å²) in [6.07, 6.45) is 18.5. The van der Waals surface area contributed by atoms with Gasteiger partial charge in [0.1, 0.15) is 0 Å². The minimum absolute atomic E-state index is 0.108.